The molecule has 0 aliphatic carbocycles. The molecule has 0 aliphatic heterocycles. The van der Waals surface area contributed by atoms with Gasteiger partial charge in [-0.05, 0) is 18.6 Å². The molecular formula is C9H17NOS. The van der Waals surface area contributed by atoms with E-state index in [1.807, 2.05) is 6.92 Å². The highest BCUT2D eigenvalue weighted by Crippen LogP contribution is 2.03. The molecule has 0 aromatic carbocycles. The zero-order valence-corrected chi connectivity index (χ0v) is 8.69. The van der Waals surface area contributed by atoms with Crippen LogP contribution in [-0.2, 0) is 0 Å². The molecule has 0 atom stereocenters. The summed E-state index contributed by atoms with van der Waals surface area (Å²) in [4.78, 5) is 14.6. The average molecular weight is 187 g/mol. The van der Waals surface area contributed by atoms with Gasteiger partial charge in [0.05, 0.1) is 0 Å². The number of nitrogens with zero attached hydrogens (tertiary/aromatic N) is 1. The number of hydrogen-bond acceptors (Lipinski definition) is 2. The lowest BCUT2D eigenvalue weighted by Gasteiger charge is -1.91. The van der Waals surface area contributed by atoms with Crippen molar-refractivity contribution in [2.75, 3.05) is 5.75 Å². The van der Waals surface area contributed by atoms with Crippen LogP contribution in [-0.4, -0.2) is 17.2 Å². The van der Waals surface area contributed by atoms with Crippen LogP contribution in [0.1, 0.15) is 39.5 Å². The lowest BCUT2D eigenvalue weighted by atomic mass is 10.2. The third-order valence-corrected chi connectivity index (χ3v) is 2.04. The van der Waals surface area contributed by atoms with Crippen LogP contribution < -0.4 is 0 Å². The van der Waals surface area contributed by atoms with E-state index in [0.717, 1.165) is 18.6 Å². The van der Waals surface area contributed by atoms with E-state index in [4.69, 9.17) is 0 Å². The molecule has 0 aromatic rings. The summed E-state index contributed by atoms with van der Waals surface area (Å²) in [5.74, 6) is 0.811. The summed E-state index contributed by atoms with van der Waals surface area (Å²) in [5, 5.41) is -0.0611. The van der Waals surface area contributed by atoms with E-state index in [1.165, 1.54) is 24.6 Å². The molecular weight excluding hydrogens is 170 g/mol. The second-order valence-corrected chi connectivity index (χ2v) is 3.72. The van der Waals surface area contributed by atoms with Gasteiger partial charge in [-0.15, -0.1) is 0 Å². The molecule has 0 bridgehead atoms. The molecule has 0 fully saturated rings. The van der Waals surface area contributed by atoms with Crippen LogP contribution in [0.4, 0.5) is 4.79 Å². The van der Waals surface area contributed by atoms with Crippen molar-refractivity contribution in [1.82, 2.24) is 0 Å². The van der Waals surface area contributed by atoms with Crippen LogP contribution in [0, 0.1) is 0 Å². The van der Waals surface area contributed by atoms with Crippen LogP contribution in [0.25, 0.3) is 0 Å². The maximum absolute atomic E-state index is 10.8. The Kier molecular flexibility index (Phi) is 8.56. The van der Waals surface area contributed by atoms with Crippen molar-refractivity contribution in [2.24, 2.45) is 4.99 Å². The smallest absolute Gasteiger partial charge is 0.259 e. The summed E-state index contributed by atoms with van der Waals surface area (Å²) in [7, 11) is 0. The second-order valence-electron chi connectivity index (χ2n) is 2.51. The molecule has 0 saturated carbocycles. The van der Waals surface area contributed by atoms with E-state index in [0.29, 0.717) is 0 Å². The minimum atomic E-state index is -0.0611. The van der Waals surface area contributed by atoms with E-state index in [2.05, 4.69) is 11.9 Å². The fraction of sp³-hybridized carbons (Fsp3) is 0.778. The van der Waals surface area contributed by atoms with Gasteiger partial charge >= 0.3 is 5.24 Å². The number of carbonyl (C=O) groups is 1. The monoisotopic (exact) mass is 187 g/mol. The SMILES string of the molecule is CCCCCC=NC(=O)SCC. The number of thioether (sulfide) groups is 1. The largest absolute Gasteiger partial charge is 0.304 e. The van der Waals surface area contributed by atoms with Gasteiger partial charge in [-0.3, -0.25) is 4.79 Å². The van der Waals surface area contributed by atoms with E-state index in [1.54, 1.807) is 6.21 Å². The maximum Gasteiger partial charge on any atom is 0.304 e. The second kappa shape index (κ2) is 8.78. The first-order valence-electron chi connectivity index (χ1n) is 4.50. The van der Waals surface area contributed by atoms with Crippen molar-refractivity contribution in [1.29, 1.82) is 0 Å². The van der Waals surface area contributed by atoms with Gasteiger partial charge in [0.2, 0.25) is 0 Å². The van der Waals surface area contributed by atoms with E-state index < -0.39 is 0 Å². The Hall–Kier alpha value is -0.310. The molecule has 0 aromatic heterocycles. The van der Waals surface area contributed by atoms with Crippen LogP contribution in [0.15, 0.2) is 4.99 Å². The van der Waals surface area contributed by atoms with Gasteiger partial charge in [0.15, 0.2) is 0 Å². The van der Waals surface area contributed by atoms with Gasteiger partial charge in [-0.25, -0.2) is 4.99 Å². The number of unbranched alkanes of at least 4 members (excludes halogenated alkanes) is 3. The summed E-state index contributed by atoms with van der Waals surface area (Å²) in [6.07, 6.45) is 6.25. The van der Waals surface area contributed by atoms with Crippen LogP contribution >= 0.6 is 11.8 Å². The van der Waals surface area contributed by atoms with Crippen LogP contribution in [0.3, 0.4) is 0 Å². The molecule has 0 N–H and O–H groups in total. The van der Waals surface area contributed by atoms with Crippen molar-refractivity contribution in [2.45, 2.75) is 39.5 Å². The summed E-state index contributed by atoms with van der Waals surface area (Å²) >= 11 is 1.26. The molecule has 0 heterocycles. The fourth-order valence-corrected chi connectivity index (χ4v) is 1.18. The van der Waals surface area contributed by atoms with E-state index in [9.17, 15) is 4.79 Å². The summed E-state index contributed by atoms with van der Waals surface area (Å²) in [6, 6.07) is 0. The number of rotatable bonds is 5. The highest BCUT2D eigenvalue weighted by atomic mass is 32.2. The first kappa shape index (κ1) is 11.7. The minimum Gasteiger partial charge on any atom is -0.259 e. The standard InChI is InChI=1S/C9H17NOS/c1-3-5-6-7-8-10-9(11)12-4-2/h8H,3-7H2,1-2H3. The zero-order chi connectivity index (χ0) is 9.23. The van der Waals surface area contributed by atoms with E-state index in [-0.39, 0.29) is 5.24 Å². The first-order valence-corrected chi connectivity index (χ1v) is 5.49. The Morgan fingerprint density at radius 3 is 2.75 bits per heavy atom. The molecule has 3 heteroatoms. The van der Waals surface area contributed by atoms with Crippen molar-refractivity contribution in [3.63, 3.8) is 0 Å². The van der Waals surface area contributed by atoms with E-state index >= 15 is 0 Å². The Balaban J connectivity index is 3.29. The van der Waals surface area contributed by atoms with Gasteiger partial charge in [-0.2, -0.15) is 0 Å². The summed E-state index contributed by atoms with van der Waals surface area (Å²) in [6.45, 7) is 4.12. The van der Waals surface area contributed by atoms with Crippen LogP contribution in [0.2, 0.25) is 0 Å². The van der Waals surface area contributed by atoms with Crippen molar-refractivity contribution in [3.8, 4) is 0 Å². The molecule has 0 spiro atoms. The molecule has 0 saturated heterocycles. The average Bonchev–Trinajstić information content (AvgIpc) is 2.05. The van der Waals surface area contributed by atoms with Crippen molar-refractivity contribution >= 4 is 23.2 Å². The fourth-order valence-electron chi connectivity index (χ4n) is 0.785. The molecule has 0 unspecified atom stereocenters. The Labute approximate surface area is 78.8 Å². The van der Waals surface area contributed by atoms with Crippen molar-refractivity contribution in [3.05, 3.63) is 0 Å². The quantitative estimate of drug-likeness (QED) is 0.487. The predicted molar refractivity (Wildman–Crippen MR) is 56.2 cm³/mol. The number of aliphatic imine (C=N–C) groups is 1. The lowest BCUT2D eigenvalue weighted by Crippen LogP contribution is -1.85. The minimum absolute atomic E-state index is 0.0611. The lowest BCUT2D eigenvalue weighted by molar-refractivity contribution is 0.267. The van der Waals surface area contributed by atoms with Gasteiger partial charge < -0.3 is 0 Å². The molecule has 2 nitrogen and oxygen atoms in total. The summed E-state index contributed by atoms with van der Waals surface area (Å²) < 4.78 is 0. The van der Waals surface area contributed by atoms with Crippen molar-refractivity contribution < 1.29 is 4.79 Å². The van der Waals surface area contributed by atoms with Gasteiger partial charge in [-0.1, -0.05) is 38.5 Å². The Bertz CT molecular complexity index is 145. The van der Waals surface area contributed by atoms with Crippen LogP contribution in [0.5, 0.6) is 0 Å². The predicted octanol–water partition coefficient (Wildman–Crippen LogP) is 3.51. The molecule has 0 radical (unpaired) electrons. The number of hydrogen-bond donors (Lipinski definition) is 0. The number of carbonyl (C=O) groups excluding carboxylic acids is 1. The Morgan fingerprint density at radius 2 is 2.17 bits per heavy atom. The third kappa shape index (κ3) is 7.79. The molecule has 12 heavy (non-hydrogen) atoms. The maximum atomic E-state index is 10.8. The topological polar surface area (TPSA) is 29.4 Å². The molecule has 1 amide bonds. The van der Waals surface area contributed by atoms with Gasteiger partial charge in [0, 0.05) is 6.21 Å². The third-order valence-electron chi connectivity index (χ3n) is 1.40. The number of amides is 1. The van der Waals surface area contributed by atoms with Gasteiger partial charge in [0.1, 0.15) is 0 Å². The van der Waals surface area contributed by atoms with Gasteiger partial charge in [0.25, 0.3) is 0 Å². The Morgan fingerprint density at radius 1 is 1.42 bits per heavy atom. The zero-order valence-electron chi connectivity index (χ0n) is 7.88. The highest BCUT2D eigenvalue weighted by molar-refractivity contribution is 8.13. The highest BCUT2D eigenvalue weighted by Gasteiger charge is 1.93. The normalized spacial score (nSPS) is 10.8. The molecule has 70 valence electrons. The first-order chi connectivity index (χ1) is 5.81. The summed E-state index contributed by atoms with van der Waals surface area (Å²) in [5.41, 5.74) is 0. The molecule has 0 aliphatic rings. The molecule has 0 rings (SSSR count).